The Labute approximate surface area is 121 Å². The zero-order valence-corrected chi connectivity index (χ0v) is 12.8. The van der Waals surface area contributed by atoms with Crippen LogP contribution in [-0.2, 0) is 9.53 Å². The molecule has 1 spiro atoms. The van der Waals surface area contributed by atoms with Crippen molar-refractivity contribution in [2.45, 2.75) is 44.0 Å². The van der Waals surface area contributed by atoms with Gasteiger partial charge in [-0.05, 0) is 32.7 Å². The molecule has 1 amide bonds. The first kappa shape index (κ1) is 15.1. The Balaban J connectivity index is 2.17. The Kier molecular flexibility index (Phi) is 5.09. The Morgan fingerprint density at radius 1 is 1.37 bits per heavy atom. The average molecular weight is 289 g/mol. The molecule has 0 aliphatic carbocycles. The van der Waals surface area contributed by atoms with Crippen LogP contribution in [0.15, 0.2) is 0 Å². The zero-order valence-electron chi connectivity index (χ0n) is 12.0. The lowest BCUT2D eigenvalue weighted by Crippen LogP contribution is -2.57. The highest BCUT2D eigenvalue weighted by atomic mass is 35.5. The normalized spacial score (nSPS) is 26.2. The minimum atomic E-state index is -0.426. The summed E-state index contributed by atoms with van der Waals surface area (Å²) in [6, 6.07) is 0. The van der Waals surface area contributed by atoms with Crippen molar-refractivity contribution in [3.8, 4) is 0 Å². The SMILES string of the molecule is CCN1CCCN(C(=O)C(C)Cl)CC12CCOCC2. The molecule has 2 heterocycles. The standard InChI is InChI=1S/C14H25ClN2O2/c1-3-17-8-4-7-16(13(18)12(2)15)11-14(17)5-9-19-10-6-14/h12H,3-11H2,1-2H3. The second-order valence-corrected chi connectivity index (χ2v) is 6.30. The minimum Gasteiger partial charge on any atom is -0.381 e. The molecule has 2 saturated heterocycles. The number of nitrogens with zero attached hydrogens (tertiary/aromatic N) is 2. The molecule has 0 saturated carbocycles. The van der Waals surface area contributed by atoms with Crippen LogP contribution in [0.25, 0.3) is 0 Å². The smallest absolute Gasteiger partial charge is 0.240 e. The van der Waals surface area contributed by atoms with Crippen molar-refractivity contribution in [1.82, 2.24) is 9.80 Å². The Morgan fingerprint density at radius 2 is 2.05 bits per heavy atom. The van der Waals surface area contributed by atoms with Crippen molar-refractivity contribution in [3.05, 3.63) is 0 Å². The molecular weight excluding hydrogens is 264 g/mol. The lowest BCUT2D eigenvalue weighted by molar-refractivity contribution is -0.133. The van der Waals surface area contributed by atoms with E-state index in [0.29, 0.717) is 0 Å². The maximum Gasteiger partial charge on any atom is 0.240 e. The molecule has 2 fully saturated rings. The summed E-state index contributed by atoms with van der Waals surface area (Å²) in [4.78, 5) is 16.7. The third-order valence-electron chi connectivity index (χ3n) is 4.47. The predicted molar refractivity (Wildman–Crippen MR) is 76.5 cm³/mol. The van der Waals surface area contributed by atoms with Crippen molar-refractivity contribution in [2.24, 2.45) is 0 Å². The summed E-state index contributed by atoms with van der Waals surface area (Å²) in [5.74, 6) is 0.0745. The van der Waals surface area contributed by atoms with Gasteiger partial charge in [0.2, 0.25) is 5.91 Å². The van der Waals surface area contributed by atoms with Gasteiger partial charge < -0.3 is 9.64 Å². The first-order valence-electron chi connectivity index (χ1n) is 7.35. The molecule has 2 rings (SSSR count). The third kappa shape index (κ3) is 3.23. The second-order valence-electron chi connectivity index (χ2n) is 5.65. The molecule has 0 aromatic rings. The van der Waals surface area contributed by atoms with Gasteiger partial charge in [-0.3, -0.25) is 9.69 Å². The van der Waals surface area contributed by atoms with Crippen molar-refractivity contribution < 1.29 is 9.53 Å². The van der Waals surface area contributed by atoms with Crippen LogP contribution in [0.3, 0.4) is 0 Å². The van der Waals surface area contributed by atoms with Crippen molar-refractivity contribution in [2.75, 3.05) is 39.4 Å². The van der Waals surface area contributed by atoms with E-state index in [1.54, 1.807) is 6.92 Å². The second kappa shape index (κ2) is 6.42. The van der Waals surface area contributed by atoms with E-state index in [4.69, 9.17) is 16.3 Å². The fraction of sp³-hybridized carbons (Fsp3) is 0.929. The van der Waals surface area contributed by atoms with Gasteiger partial charge in [-0.25, -0.2) is 0 Å². The summed E-state index contributed by atoms with van der Waals surface area (Å²) >= 11 is 5.98. The first-order chi connectivity index (χ1) is 9.09. The topological polar surface area (TPSA) is 32.8 Å². The molecule has 5 heteroatoms. The number of likely N-dealkylation sites (N-methyl/N-ethyl adjacent to an activating group) is 1. The highest BCUT2D eigenvalue weighted by Gasteiger charge is 2.42. The maximum atomic E-state index is 12.2. The van der Waals surface area contributed by atoms with Crippen LogP contribution in [0.4, 0.5) is 0 Å². The van der Waals surface area contributed by atoms with E-state index in [2.05, 4.69) is 11.8 Å². The molecule has 4 nitrogen and oxygen atoms in total. The molecule has 2 aliphatic rings. The van der Waals surface area contributed by atoms with E-state index in [1.165, 1.54) is 0 Å². The van der Waals surface area contributed by atoms with E-state index in [-0.39, 0.29) is 11.4 Å². The van der Waals surface area contributed by atoms with Gasteiger partial charge >= 0.3 is 0 Å². The number of ether oxygens (including phenoxy) is 1. The summed E-state index contributed by atoms with van der Waals surface area (Å²) in [6.45, 7) is 9.32. The molecule has 0 aromatic heterocycles. The minimum absolute atomic E-state index is 0.0745. The molecule has 0 N–H and O–H groups in total. The lowest BCUT2D eigenvalue weighted by atomic mass is 9.87. The van der Waals surface area contributed by atoms with Crippen LogP contribution < -0.4 is 0 Å². The Bertz CT molecular complexity index is 317. The quantitative estimate of drug-likeness (QED) is 0.726. The van der Waals surface area contributed by atoms with Gasteiger partial charge in [0.15, 0.2) is 0 Å². The van der Waals surface area contributed by atoms with Gasteiger partial charge in [-0.15, -0.1) is 11.6 Å². The molecule has 110 valence electrons. The van der Waals surface area contributed by atoms with Gasteiger partial charge in [0, 0.05) is 38.4 Å². The Hall–Kier alpha value is -0.320. The summed E-state index contributed by atoms with van der Waals surface area (Å²) in [7, 11) is 0. The molecule has 2 aliphatic heterocycles. The van der Waals surface area contributed by atoms with Gasteiger partial charge in [0.1, 0.15) is 5.38 Å². The summed E-state index contributed by atoms with van der Waals surface area (Å²) < 4.78 is 5.52. The van der Waals surface area contributed by atoms with E-state index in [0.717, 1.165) is 58.7 Å². The van der Waals surface area contributed by atoms with E-state index >= 15 is 0 Å². The largest absolute Gasteiger partial charge is 0.381 e. The van der Waals surface area contributed by atoms with E-state index in [1.807, 2.05) is 4.90 Å². The van der Waals surface area contributed by atoms with Crippen LogP contribution in [0, 0.1) is 0 Å². The first-order valence-corrected chi connectivity index (χ1v) is 7.78. The molecule has 0 aromatic carbocycles. The fourth-order valence-electron chi connectivity index (χ4n) is 3.38. The molecule has 0 bridgehead atoms. The number of rotatable bonds is 2. The van der Waals surface area contributed by atoms with Crippen molar-refractivity contribution in [1.29, 1.82) is 0 Å². The number of hydrogen-bond donors (Lipinski definition) is 0. The number of carbonyl (C=O) groups is 1. The van der Waals surface area contributed by atoms with Crippen LogP contribution >= 0.6 is 11.6 Å². The number of halogens is 1. The fourth-order valence-corrected chi connectivity index (χ4v) is 3.52. The molecular formula is C14H25ClN2O2. The summed E-state index contributed by atoms with van der Waals surface area (Å²) in [5.41, 5.74) is 0.102. The third-order valence-corrected chi connectivity index (χ3v) is 4.66. The van der Waals surface area contributed by atoms with Crippen molar-refractivity contribution in [3.63, 3.8) is 0 Å². The van der Waals surface area contributed by atoms with E-state index < -0.39 is 5.38 Å². The Morgan fingerprint density at radius 3 is 2.63 bits per heavy atom. The number of alkyl halides is 1. The van der Waals surface area contributed by atoms with Crippen molar-refractivity contribution >= 4 is 17.5 Å². The molecule has 1 atom stereocenters. The van der Waals surface area contributed by atoms with Gasteiger partial charge in [0.05, 0.1) is 0 Å². The maximum absolute atomic E-state index is 12.2. The predicted octanol–water partition coefficient (Wildman–Crippen LogP) is 1.72. The van der Waals surface area contributed by atoms with E-state index in [9.17, 15) is 4.79 Å². The number of amides is 1. The molecule has 19 heavy (non-hydrogen) atoms. The van der Waals surface area contributed by atoms with Crippen LogP contribution in [-0.4, -0.2) is 66.0 Å². The molecule has 1 unspecified atom stereocenters. The van der Waals surface area contributed by atoms with Crippen LogP contribution in [0.1, 0.15) is 33.1 Å². The highest BCUT2D eigenvalue weighted by molar-refractivity contribution is 6.30. The zero-order chi connectivity index (χ0) is 13.9. The van der Waals surface area contributed by atoms with Crippen LogP contribution in [0.5, 0.6) is 0 Å². The molecule has 0 radical (unpaired) electrons. The number of hydrogen-bond acceptors (Lipinski definition) is 3. The van der Waals surface area contributed by atoms with Gasteiger partial charge in [-0.2, -0.15) is 0 Å². The van der Waals surface area contributed by atoms with Crippen LogP contribution in [0.2, 0.25) is 0 Å². The lowest BCUT2D eigenvalue weighted by Gasteiger charge is -2.46. The van der Waals surface area contributed by atoms with Gasteiger partial charge in [0.25, 0.3) is 0 Å². The summed E-state index contributed by atoms with van der Waals surface area (Å²) in [5, 5.41) is -0.426. The monoisotopic (exact) mass is 288 g/mol. The highest BCUT2D eigenvalue weighted by Crippen LogP contribution is 2.31. The van der Waals surface area contributed by atoms with Gasteiger partial charge in [-0.1, -0.05) is 6.92 Å². The number of carbonyl (C=O) groups excluding carboxylic acids is 1. The average Bonchev–Trinajstić information content (AvgIpc) is 2.58. The summed E-state index contributed by atoms with van der Waals surface area (Å²) in [6.07, 6.45) is 3.06.